The van der Waals surface area contributed by atoms with Crippen molar-refractivity contribution in [3.8, 4) is 0 Å². The molecule has 0 radical (unpaired) electrons. The number of aromatic carboxylic acids is 1. The Labute approximate surface area is 120 Å². The smallest absolute Gasteiger partial charge is 0.345 e. The fourth-order valence-corrected chi connectivity index (χ4v) is 6.49. The number of thiophene rings is 1. The molecule has 7 nitrogen and oxygen atoms in total. The molecule has 1 atom stereocenters. The lowest BCUT2D eigenvalue weighted by molar-refractivity contribution is 0.0702. The van der Waals surface area contributed by atoms with Crippen molar-refractivity contribution in [3.05, 3.63) is 15.8 Å². The van der Waals surface area contributed by atoms with E-state index in [0.717, 1.165) is 17.4 Å². The molecule has 0 spiro atoms. The maximum Gasteiger partial charge on any atom is 0.345 e. The van der Waals surface area contributed by atoms with Crippen LogP contribution in [-0.2, 0) is 19.9 Å². The van der Waals surface area contributed by atoms with Crippen molar-refractivity contribution < 1.29 is 26.7 Å². The average molecular weight is 339 g/mol. The van der Waals surface area contributed by atoms with E-state index in [1.807, 2.05) is 0 Å². The van der Waals surface area contributed by atoms with Gasteiger partial charge in [-0.25, -0.2) is 26.4 Å². The zero-order valence-electron chi connectivity index (χ0n) is 10.5. The summed E-state index contributed by atoms with van der Waals surface area (Å²) in [5.74, 6) is -1.45. The Morgan fingerprint density at radius 2 is 2.15 bits per heavy atom. The lowest BCUT2D eigenvalue weighted by Gasteiger charge is -2.10. The first-order chi connectivity index (χ1) is 9.11. The molecule has 0 saturated carbocycles. The van der Waals surface area contributed by atoms with Crippen molar-refractivity contribution in [2.24, 2.45) is 0 Å². The minimum atomic E-state index is -3.90. The van der Waals surface area contributed by atoms with Gasteiger partial charge in [0.25, 0.3) is 0 Å². The van der Waals surface area contributed by atoms with Gasteiger partial charge in [0.15, 0.2) is 9.84 Å². The Morgan fingerprint density at radius 1 is 1.50 bits per heavy atom. The maximum atomic E-state index is 12.2. The molecule has 1 fully saturated rings. The van der Waals surface area contributed by atoms with Crippen LogP contribution in [0.4, 0.5) is 0 Å². The van der Waals surface area contributed by atoms with E-state index in [1.165, 1.54) is 6.92 Å². The van der Waals surface area contributed by atoms with Crippen molar-refractivity contribution in [2.45, 2.75) is 24.3 Å². The van der Waals surface area contributed by atoms with Crippen LogP contribution in [0.2, 0.25) is 0 Å². The number of carboxylic acid groups (broad SMARTS) is 1. The van der Waals surface area contributed by atoms with Gasteiger partial charge < -0.3 is 5.11 Å². The molecule has 1 unspecified atom stereocenters. The third-order valence-corrected chi connectivity index (χ3v) is 7.51. The van der Waals surface area contributed by atoms with Crippen LogP contribution in [0.3, 0.4) is 0 Å². The van der Waals surface area contributed by atoms with Crippen LogP contribution < -0.4 is 4.72 Å². The van der Waals surface area contributed by atoms with Crippen molar-refractivity contribution >= 4 is 37.2 Å². The third-order valence-electron chi connectivity index (χ3n) is 2.93. The van der Waals surface area contributed by atoms with E-state index in [9.17, 15) is 21.6 Å². The van der Waals surface area contributed by atoms with Gasteiger partial charge in [-0.2, -0.15) is 0 Å². The average Bonchev–Trinajstić information content (AvgIpc) is 2.82. The highest BCUT2D eigenvalue weighted by molar-refractivity contribution is 7.92. The number of hydrogen-bond donors (Lipinski definition) is 2. The molecule has 1 aliphatic rings. The number of sulfone groups is 1. The highest BCUT2D eigenvalue weighted by Crippen LogP contribution is 2.26. The molecule has 10 heteroatoms. The van der Waals surface area contributed by atoms with Gasteiger partial charge in [-0.1, -0.05) is 0 Å². The summed E-state index contributed by atoms with van der Waals surface area (Å²) in [4.78, 5) is 11.0. The van der Waals surface area contributed by atoms with Crippen LogP contribution in [-0.4, -0.2) is 45.5 Å². The van der Waals surface area contributed by atoms with Gasteiger partial charge in [-0.3, -0.25) is 0 Å². The summed E-state index contributed by atoms with van der Waals surface area (Å²) in [5.41, 5.74) is 0. The van der Waals surface area contributed by atoms with E-state index in [2.05, 4.69) is 4.72 Å². The van der Waals surface area contributed by atoms with E-state index < -0.39 is 31.9 Å². The van der Waals surface area contributed by atoms with E-state index in [4.69, 9.17) is 5.11 Å². The Morgan fingerprint density at radius 3 is 2.60 bits per heavy atom. The van der Waals surface area contributed by atoms with E-state index in [1.54, 1.807) is 0 Å². The Balaban J connectivity index is 2.25. The predicted molar refractivity (Wildman–Crippen MR) is 73.4 cm³/mol. The van der Waals surface area contributed by atoms with Gasteiger partial charge in [0, 0.05) is 10.9 Å². The minimum Gasteiger partial charge on any atom is -0.477 e. The Hall–Kier alpha value is -0.970. The lowest BCUT2D eigenvalue weighted by Crippen LogP contribution is -2.35. The summed E-state index contributed by atoms with van der Waals surface area (Å²) in [5, 5.41) is 8.86. The molecule has 1 saturated heterocycles. The number of carbonyl (C=O) groups is 1. The quantitative estimate of drug-likeness (QED) is 0.810. The largest absolute Gasteiger partial charge is 0.477 e. The summed E-state index contributed by atoms with van der Waals surface area (Å²) < 4.78 is 49.3. The fourth-order valence-electron chi connectivity index (χ4n) is 2.01. The molecule has 1 aliphatic heterocycles. The van der Waals surface area contributed by atoms with E-state index in [-0.39, 0.29) is 27.7 Å². The molecule has 20 heavy (non-hydrogen) atoms. The number of carboxylic acids is 1. The normalized spacial score (nSPS) is 21.9. The molecule has 2 rings (SSSR count). The van der Waals surface area contributed by atoms with Crippen LogP contribution in [0.15, 0.2) is 11.0 Å². The Bertz CT molecular complexity index is 746. The van der Waals surface area contributed by atoms with Gasteiger partial charge in [0.05, 0.1) is 16.4 Å². The molecule has 2 heterocycles. The number of sulfonamides is 1. The summed E-state index contributed by atoms with van der Waals surface area (Å²) in [6.07, 6.45) is 0.233. The van der Waals surface area contributed by atoms with Gasteiger partial charge in [-0.05, 0) is 19.4 Å². The molecule has 1 aromatic rings. The van der Waals surface area contributed by atoms with Crippen molar-refractivity contribution in [3.63, 3.8) is 0 Å². The van der Waals surface area contributed by atoms with Gasteiger partial charge >= 0.3 is 5.97 Å². The zero-order valence-corrected chi connectivity index (χ0v) is 12.9. The standard InChI is InChI=1S/C10H13NO6S3/c1-6-9(4-8(18-6)10(12)13)20(16,17)11-7-2-3-19(14,15)5-7/h4,7,11H,2-3,5H2,1H3,(H,12,13). The van der Waals surface area contributed by atoms with Crippen LogP contribution in [0, 0.1) is 6.92 Å². The fraction of sp³-hybridized carbons (Fsp3) is 0.500. The second-order valence-electron chi connectivity index (χ2n) is 4.56. The van der Waals surface area contributed by atoms with Crippen LogP contribution in [0.5, 0.6) is 0 Å². The third kappa shape index (κ3) is 3.19. The molecule has 0 aromatic carbocycles. The highest BCUT2D eigenvalue weighted by Gasteiger charge is 2.32. The number of nitrogens with one attached hydrogen (secondary N) is 1. The number of hydrogen-bond acceptors (Lipinski definition) is 6. The molecular formula is C10H13NO6S3. The molecule has 2 N–H and O–H groups in total. The van der Waals surface area contributed by atoms with Crippen LogP contribution in [0.1, 0.15) is 21.0 Å². The summed E-state index contributed by atoms with van der Waals surface area (Å²) >= 11 is 0.870. The first-order valence-electron chi connectivity index (χ1n) is 5.67. The van der Waals surface area contributed by atoms with E-state index in [0.29, 0.717) is 4.88 Å². The zero-order chi connectivity index (χ0) is 15.1. The molecule has 112 valence electrons. The van der Waals surface area contributed by atoms with Crippen molar-refractivity contribution in [1.29, 1.82) is 0 Å². The molecule has 0 aliphatic carbocycles. The van der Waals surface area contributed by atoms with Crippen molar-refractivity contribution in [2.75, 3.05) is 11.5 Å². The minimum absolute atomic E-state index is 0.0385. The maximum absolute atomic E-state index is 12.2. The van der Waals surface area contributed by atoms with Crippen LogP contribution in [0.25, 0.3) is 0 Å². The van der Waals surface area contributed by atoms with E-state index >= 15 is 0 Å². The van der Waals surface area contributed by atoms with Crippen molar-refractivity contribution in [1.82, 2.24) is 4.72 Å². The number of aryl methyl sites for hydroxylation is 1. The second kappa shape index (κ2) is 5.10. The van der Waals surface area contributed by atoms with Gasteiger partial charge in [-0.15, -0.1) is 11.3 Å². The summed E-state index contributed by atoms with van der Waals surface area (Å²) in [6.45, 7) is 1.51. The summed E-state index contributed by atoms with van der Waals surface area (Å²) in [6, 6.07) is 0.436. The van der Waals surface area contributed by atoms with Crippen LogP contribution >= 0.6 is 11.3 Å². The topological polar surface area (TPSA) is 118 Å². The van der Waals surface area contributed by atoms with Gasteiger partial charge in [0.2, 0.25) is 10.0 Å². The highest BCUT2D eigenvalue weighted by atomic mass is 32.2. The monoisotopic (exact) mass is 339 g/mol. The molecule has 0 amide bonds. The summed E-state index contributed by atoms with van der Waals surface area (Å²) in [7, 11) is -7.09. The molecule has 1 aromatic heterocycles. The molecule has 0 bridgehead atoms. The lowest BCUT2D eigenvalue weighted by atomic mass is 10.3. The molecular weight excluding hydrogens is 326 g/mol. The second-order valence-corrected chi connectivity index (χ2v) is 9.72. The Kier molecular flexibility index (Phi) is 3.93. The predicted octanol–water partition coefficient (Wildman–Crippen LogP) is 0.220. The first kappa shape index (κ1) is 15.4. The first-order valence-corrected chi connectivity index (χ1v) is 9.79. The van der Waals surface area contributed by atoms with Gasteiger partial charge in [0.1, 0.15) is 4.88 Å². The number of rotatable bonds is 4. The SMILES string of the molecule is Cc1sc(C(=O)O)cc1S(=O)(=O)NC1CCS(=O)(=O)C1.